The molecule has 7 heteroatoms. The molecular weight excluding hydrogens is 396 g/mol. The van der Waals surface area contributed by atoms with Crippen LogP contribution in [0, 0.1) is 6.92 Å². The predicted molar refractivity (Wildman–Crippen MR) is 116 cm³/mol. The number of carbonyl (C=O) groups is 4. The van der Waals surface area contributed by atoms with Gasteiger partial charge in [0.1, 0.15) is 0 Å². The van der Waals surface area contributed by atoms with Crippen LogP contribution >= 0.6 is 0 Å². The molecule has 0 fully saturated rings. The summed E-state index contributed by atoms with van der Waals surface area (Å²) in [7, 11) is 0. The lowest BCUT2D eigenvalue weighted by molar-refractivity contribution is -0.142. The van der Waals surface area contributed by atoms with E-state index in [0.29, 0.717) is 11.1 Å². The van der Waals surface area contributed by atoms with E-state index in [2.05, 4.69) is 10.3 Å². The van der Waals surface area contributed by atoms with Crippen LogP contribution in [0.2, 0.25) is 0 Å². The Hall–Kier alpha value is -3.74. The van der Waals surface area contributed by atoms with E-state index in [0.717, 1.165) is 16.6 Å². The van der Waals surface area contributed by atoms with Gasteiger partial charge >= 0.3 is 5.97 Å². The summed E-state index contributed by atoms with van der Waals surface area (Å²) in [6, 6.07) is 16.2. The minimum atomic E-state index is -0.577. The van der Waals surface area contributed by atoms with Crippen LogP contribution < -0.4 is 5.32 Å². The minimum absolute atomic E-state index is 0.0428. The van der Waals surface area contributed by atoms with E-state index in [-0.39, 0.29) is 49.9 Å². The smallest absolute Gasteiger partial charge is 0.308 e. The van der Waals surface area contributed by atoms with Gasteiger partial charge in [0, 0.05) is 47.1 Å². The Bertz CT molecular complexity index is 1100. The summed E-state index contributed by atoms with van der Waals surface area (Å²) in [6.45, 7) is 1.52. The van der Waals surface area contributed by atoms with E-state index in [4.69, 9.17) is 4.74 Å². The van der Waals surface area contributed by atoms with Gasteiger partial charge in [-0.2, -0.15) is 0 Å². The van der Waals surface area contributed by atoms with Crippen molar-refractivity contribution in [2.45, 2.75) is 26.2 Å². The second kappa shape index (κ2) is 10.3. The molecule has 7 nitrogen and oxygen atoms in total. The summed E-state index contributed by atoms with van der Waals surface area (Å²) >= 11 is 0. The molecular formula is C24H24N2O5. The zero-order valence-corrected chi connectivity index (χ0v) is 17.3. The molecule has 2 aromatic carbocycles. The molecule has 0 aliphatic heterocycles. The number of para-hydroxylation sites is 1. The fraction of sp³-hybridized carbons (Fsp3) is 0.250. The largest absolute Gasteiger partial charge is 0.457 e. The van der Waals surface area contributed by atoms with Crippen molar-refractivity contribution in [2.75, 3.05) is 13.2 Å². The van der Waals surface area contributed by atoms with E-state index in [9.17, 15) is 19.2 Å². The first kappa shape index (κ1) is 22.0. The highest BCUT2D eigenvalue weighted by molar-refractivity contribution is 6.10. The first-order chi connectivity index (χ1) is 15.0. The van der Waals surface area contributed by atoms with Gasteiger partial charge < -0.3 is 15.0 Å². The van der Waals surface area contributed by atoms with Gasteiger partial charge in [0.25, 0.3) is 0 Å². The molecule has 0 saturated heterocycles. The van der Waals surface area contributed by atoms with Gasteiger partial charge in [-0.05, 0) is 13.0 Å². The van der Waals surface area contributed by atoms with Crippen LogP contribution in [0.15, 0.2) is 54.6 Å². The Morgan fingerprint density at radius 2 is 1.58 bits per heavy atom. The van der Waals surface area contributed by atoms with Crippen LogP contribution in [0.1, 0.15) is 45.7 Å². The summed E-state index contributed by atoms with van der Waals surface area (Å²) in [6.07, 6.45) is 0.0817. The number of aromatic nitrogens is 1. The van der Waals surface area contributed by atoms with Gasteiger partial charge in [-0.25, -0.2) is 0 Å². The number of nitrogens with one attached hydrogen (secondary N) is 2. The standard InChI is InChI=1S/C24H24N2O5/c1-16-24(18-9-5-6-10-19(18)26-16)21(28)15-31-23(30)13-14-25-22(29)12-11-20(27)17-7-3-2-4-8-17/h2-10,26H,11-15H2,1H3,(H,25,29). The molecule has 31 heavy (non-hydrogen) atoms. The Kier molecular flexibility index (Phi) is 7.32. The van der Waals surface area contributed by atoms with E-state index in [1.54, 1.807) is 31.2 Å². The number of carbonyl (C=O) groups excluding carboxylic acids is 4. The highest BCUT2D eigenvalue weighted by Gasteiger charge is 2.17. The molecule has 0 saturated carbocycles. The molecule has 0 aliphatic rings. The maximum Gasteiger partial charge on any atom is 0.308 e. The number of aryl methyl sites for hydroxylation is 1. The Balaban J connectivity index is 1.37. The maximum atomic E-state index is 12.5. The Morgan fingerprint density at radius 3 is 2.35 bits per heavy atom. The lowest BCUT2D eigenvalue weighted by atomic mass is 10.1. The normalized spacial score (nSPS) is 10.6. The number of fused-ring (bicyclic) bond motifs is 1. The molecule has 0 aliphatic carbocycles. The number of rotatable bonds is 10. The molecule has 0 unspecified atom stereocenters. The van der Waals surface area contributed by atoms with Crippen molar-refractivity contribution in [1.82, 2.24) is 10.3 Å². The van der Waals surface area contributed by atoms with Crippen LogP contribution in [-0.2, 0) is 14.3 Å². The molecule has 1 aromatic heterocycles. The van der Waals surface area contributed by atoms with Crippen LogP contribution in [0.4, 0.5) is 0 Å². The predicted octanol–water partition coefficient (Wildman–Crippen LogP) is 3.37. The van der Waals surface area contributed by atoms with Gasteiger partial charge in [0.15, 0.2) is 12.4 Å². The number of amides is 1. The molecule has 0 atom stereocenters. The average molecular weight is 420 g/mol. The molecule has 1 amide bonds. The van der Waals surface area contributed by atoms with Crippen LogP contribution in [-0.4, -0.2) is 41.6 Å². The molecule has 0 spiro atoms. The van der Waals surface area contributed by atoms with Crippen LogP contribution in [0.3, 0.4) is 0 Å². The highest BCUT2D eigenvalue weighted by Crippen LogP contribution is 2.22. The molecule has 1 heterocycles. The second-order valence-corrected chi connectivity index (χ2v) is 7.14. The van der Waals surface area contributed by atoms with Crippen molar-refractivity contribution >= 4 is 34.3 Å². The fourth-order valence-corrected chi connectivity index (χ4v) is 3.31. The quantitative estimate of drug-likeness (QED) is 0.386. The number of aromatic amines is 1. The Labute approximate surface area is 179 Å². The van der Waals surface area contributed by atoms with Gasteiger partial charge in [-0.15, -0.1) is 0 Å². The number of ether oxygens (including phenoxy) is 1. The number of benzene rings is 2. The minimum Gasteiger partial charge on any atom is -0.457 e. The third-order valence-electron chi connectivity index (χ3n) is 4.86. The summed E-state index contributed by atoms with van der Waals surface area (Å²) in [4.78, 5) is 51.4. The zero-order valence-electron chi connectivity index (χ0n) is 17.3. The highest BCUT2D eigenvalue weighted by atomic mass is 16.5. The molecule has 0 radical (unpaired) electrons. The van der Waals surface area contributed by atoms with Gasteiger partial charge in [-0.3, -0.25) is 19.2 Å². The van der Waals surface area contributed by atoms with Crippen LogP contribution in [0.25, 0.3) is 10.9 Å². The Morgan fingerprint density at radius 1 is 0.871 bits per heavy atom. The number of hydrogen-bond donors (Lipinski definition) is 2. The lowest BCUT2D eigenvalue weighted by Crippen LogP contribution is -2.27. The summed E-state index contributed by atoms with van der Waals surface area (Å²) in [5, 5.41) is 3.38. The molecule has 3 aromatic rings. The fourth-order valence-electron chi connectivity index (χ4n) is 3.31. The van der Waals surface area contributed by atoms with Crippen molar-refractivity contribution in [3.8, 4) is 0 Å². The van der Waals surface area contributed by atoms with Crippen LogP contribution in [0.5, 0.6) is 0 Å². The molecule has 3 rings (SSSR count). The summed E-state index contributed by atoms with van der Waals surface area (Å²) in [5.41, 5.74) is 2.65. The average Bonchev–Trinajstić information content (AvgIpc) is 3.12. The van der Waals surface area contributed by atoms with E-state index >= 15 is 0 Å². The first-order valence-electron chi connectivity index (χ1n) is 10.1. The number of Topliss-reactive ketones (excluding diaryl/α,β-unsaturated/α-hetero) is 2. The van der Waals surface area contributed by atoms with Gasteiger partial charge in [-0.1, -0.05) is 48.5 Å². The van der Waals surface area contributed by atoms with Crippen molar-refractivity contribution in [1.29, 1.82) is 0 Å². The van der Waals surface area contributed by atoms with Crippen molar-refractivity contribution in [3.63, 3.8) is 0 Å². The monoisotopic (exact) mass is 420 g/mol. The number of H-pyrrole nitrogens is 1. The lowest BCUT2D eigenvalue weighted by Gasteiger charge is -2.06. The summed E-state index contributed by atoms with van der Waals surface area (Å²) in [5.74, 6) is -1.29. The third-order valence-corrected chi connectivity index (χ3v) is 4.86. The number of esters is 1. The van der Waals surface area contributed by atoms with E-state index in [1.165, 1.54) is 0 Å². The number of ketones is 2. The van der Waals surface area contributed by atoms with Crippen molar-refractivity contribution < 1.29 is 23.9 Å². The number of hydrogen-bond acceptors (Lipinski definition) is 5. The van der Waals surface area contributed by atoms with Gasteiger partial charge in [0.05, 0.1) is 6.42 Å². The zero-order chi connectivity index (χ0) is 22.2. The third kappa shape index (κ3) is 5.88. The van der Waals surface area contributed by atoms with E-state index in [1.807, 2.05) is 30.3 Å². The SMILES string of the molecule is Cc1[nH]c2ccccc2c1C(=O)COC(=O)CCNC(=O)CCC(=O)c1ccccc1. The van der Waals surface area contributed by atoms with Gasteiger partial charge in [0.2, 0.25) is 11.7 Å². The molecule has 0 bridgehead atoms. The van der Waals surface area contributed by atoms with Crippen molar-refractivity contribution in [2.24, 2.45) is 0 Å². The topological polar surface area (TPSA) is 105 Å². The molecule has 160 valence electrons. The second-order valence-electron chi connectivity index (χ2n) is 7.14. The van der Waals surface area contributed by atoms with Crippen molar-refractivity contribution in [3.05, 3.63) is 71.4 Å². The molecule has 2 N–H and O–H groups in total. The summed E-state index contributed by atoms with van der Waals surface area (Å²) < 4.78 is 5.06. The van der Waals surface area contributed by atoms with E-state index < -0.39 is 5.97 Å². The first-order valence-corrected chi connectivity index (χ1v) is 10.1. The maximum absolute atomic E-state index is 12.5.